The highest BCUT2D eigenvalue weighted by Crippen LogP contribution is 2.29. The van der Waals surface area contributed by atoms with Crippen molar-refractivity contribution in [3.63, 3.8) is 0 Å². The van der Waals surface area contributed by atoms with Gasteiger partial charge in [-0.1, -0.05) is 12.1 Å². The Morgan fingerprint density at radius 3 is 2.75 bits per heavy atom. The molecule has 1 atom stereocenters. The minimum Gasteiger partial charge on any atom is -0.508 e. The topological polar surface area (TPSA) is 96.9 Å². The van der Waals surface area contributed by atoms with E-state index in [0.29, 0.717) is 23.4 Å². The Kier molecular flexibility index (Phi) is 5.81. The van der Waals surface area contributed by atoms with Crippen LogP contribution in [0.1, 0.15) is 32.4 Å². The number of carbonyl (C=O) groups is 2. The molecule has 130 valence electrons. The molecule has 2 rings (SSSR count). The van der Waals surface area contributed by atoms with Crippen LogP contribution in [0.25, 0.3) is 0 Å². The third-order valence-corrected chi connectivity index (χ3v) is 3.46. The fraction of sp³-hybridized carbons (Fsp3) is 0.412. The molecule has 1 heterocycles. The van der Waals surface area contributed by atoms with Crippen LogP contribution in [0, 0.1) is 0 Å². The standard InChI is InChI=1S/C17H22N2O5/c1-10(2)23-7-8-24-16(21)14-11(3)18-17(22)19-15(14)12-5-4-6-13(20)9-12/h4-6,9-10,15,20H,7-8H2,1-3H3,(H2,18,19,22)/t15-/m1/s1. The fourth-order valence-electron chi connectivity index (χ4n) is 2.41. The summed E-state index contributed by atoms with van der Waals surface area (Å²) in [4.78, 5) is 24.2. The van der Waals surface area contributed by atoms with E-state index in [1.807, 2.05) is 13.8 Å². The Morgan fingerprint density at radius 1 is 1.33 bits per heavy atom. The molecule has 0 bridgehead atoms. The summed E-state index contributed by atoms with van der Waals surface area (Å²) in [6, 6.07) is 5.28. The van der Waals surface area contributed by atoms with Gasteiger partial charge < -0.3 is 25.2 Å². The van der Waals surface area contributed by atoms with E-state index in [4.69, 9.17) is 9.47 Å². The lowest BCUT2D eigenvalue weighted by molar-refractivity contribution is -0.141. The molecule has 1 aromatic rings. The largest absolute Gasteiger partial charge is 0.508 e. The van der Waals surface area contributed by atoms with Gasteiger partial charge in [-0.05, 0) is 38.5 Å². The maximum atomic E-state index is 12.4. The zero-order valence-corrected chi connectivity index (χ0v) is 14.0. The van der Waals surface area contributed by atoms with Crippen molar-refractivity contribution in [2.24, 2.45) is 0 Å². The predicted octanol–water partition coefficient (Wildman–Crippen LogP) is 1.99. The number of phenols is 1. The molecular formula is C17H22N2O5. The normalized spacial score (nSPS) is 17.5. The zero-order valence-electron chi connectivity index (χ0n) is 14.0. The van der Waals surface area contributed by atoms with Crippen LogP contribution in [-0.2, 0) is 14.3 Å². The molecular weight excluding hydrogens is 312 g/mol. The van der Waals surface area contributed by atoms with Crippen LogP contribution in [0.3, 0.4) is 0 Å². The first-order valence-corrected chi connectivity index (χ1v) is 7.74. The summed E-state index contributed by atoms with van der Waals surface area (Å²) in [6.45, 7) is 5.84. The number of urea groups is 1. The number of aromatic hydroxyl groups is 1. The van der Waals surface area contributed by atoms with Crippen LogP contribution in [0.15, 0.2) is 35.5 Å². The number of carbonyl (C=O) groups excluding carboxylic acids is 2. The van der Waals surface area contributed by atoms with Gasteiger partial charge in [0.25, 0.3) is 0 Å². The number of esters is 1. The van der Waals surface area contributed by atoms with E-state index in [9.17, 15) is 14.7 Å². The summed E-state index contributed by atoms with van der Waals surface area (Å²) in [5.41, 5.74) is 1.31. The molecule has 0 saturated carbocycles. The predicted molar refractivity (Wildman–Crippen MR) is 87.3 cm³/mol. The van der Waals surface area contributed by atoms with Crippen molar-refractivity contribution >= 4 is 12.0 Å². The third kappa shape index (κ3) is 4.48. The summed E-state index contributed by atoms with van der Waals surface area (Å²) < 4.78 is 10.6. The van der Waals surface area contributed by atoms with Gasteiger partial charge in [0.2, 0.25) is 0 Å². The molecule has 0 unspecified atom stereocenters. The van der Waals surface area contributed by atoms with Crippen molar-refractivity contribution in [2.75, 3.05) is 13.2 Å². The molecule has 0 spiro atoms. The second-order valence-electron chi connectivity index (χ2n) is 5.72. The monoisotopic (exact) mass is 334 g/mol. The second-order valence-corrected chi connectivity index (χ2v) is 5.72. The van der Waals surface area contributed by atoms with Crippen LogP contribution in [0.4, 0.5) is 4.79 Å². The van der Waals surface area contributed by atoms with Gasteiger partial charge in [0.1, 0.15) is 12.4 Å². The highest BCUT2D eigenvalue weighted by molar-refractivity contribution is 5.95. The van der Waals surface area contributed by atoms with Gasteiger partial charge in [-0.25, -0.2) is 9.59 Å². The van der Waals surface area contributed by atoms with E-state index >= 15 is 0 Å². The number of benzene rings is 1. The molecule has 2 amide bonds. The molecule has 7 heteroatoms. The van der Waals surface area contributed by atoms with E-state index < -0.39 is 18.0 Å². The maximum Gasteiger partial charge on any atom is 0.338 e. The van der Waals surface area contributed by atoms with E-state index in [0.717, 1.165) is 0 Å². The summed E-state index contributed by atoms with van der Waals surface area (Å²) in [5.74, 6) is -0.489. The fourth-order valence-corrected chi connectivity index (χ4v) is 2.41. The Hall–Kier alpha value is -2.54. The van der Waals surface area contributed by atoms with E-state index in [2.05, 4.69) is 10.6 Å². The lowest BCUT2D eigenvalue weighted by Crippen LogP contribution is -2.45. The van der Waals surface area contributed by atoms with E-state index in [1.54, 1.807) is 19.1 Å². The number of hydrogen-bond donors (Lipinski definition) is 3. The number of nitrogens with one attached hydrogen (secondary N) is 2. The molecule has 0 radical (unpaired) electrons. The van der Waals surface area contributed by atoms with Gasteiger partial charge in [0, 0.05) is 5.70 Å². The van der Waals surface area contributed by atoms with Gasteiger partial charge in [0.15, 0.2) is 0 Å². The summed E-state index contributed by atoms with van der Waals surface area (Å²) >= 11 is 0. The van der Waals surface area contributed by atoms with Gasteiger partial charge in [0.05, 0.1) is 24.3 Å². The second kappa shape index (κ2) is 7.83. The van der Waals surface area contributed by atoms with Gasteiger partial charge in [-0.15, -0.1) is 0 Å². The van der Waals surface area contributed by atoms with E-state index in [-0.39, 0.29) is 18.5 Å². The van der Waals surface area contributed by atoms with Crippen molar-refractivity contribution in [1.82, 2.24) is 10.6 Å². The minimum atomic E-state index is -0.690. The Labute approximate surface area is 140 Å². The maximum absolute atomic E-state index is 12.4. The highest BCUT2D eigenvalue weighted by atomic mass is 16.6. The first-order chi connectivity index (χ1) is 11.4. The summed E-state index contributed by atoms with van der Waals surface area (Å²) in [7, 11) is 0. The van der Waals surface area contributed by atoms with Crippen molar-refractivity contribution in [1.29, 1.82) is 0 Å². The summed E-state index contributed by atoms with van der Waals surface area (Å²) in [5, 5.41) is 14.9. The molecule has 1 aliphatic heterocycles. The van der Waals surface area contributed by atoms with Crippen LogP contribution in [0.2, 0.25) is 0 Å². The molecule has 3 N–H and O–H groups in total. The van der Waals surface area contributed by atoms with Crippen LogP contribution in [-0.4, -0.2) is 36.4 Å². The average molecular weight is 334 g/mol. The first-order valence-electron chi connectivity index (χ1n) is 7.74. The minimum absolute atomic E-state index is 0.0518. The first kappa shape index (κ1) is 17.8. The zero-order chi connectivity index (χ0) is 17.7. The van der Waals surface area contributed by atoms with Crippen molar-refractivity contribution < 1.29 is 24.2 Å². The number of allylic oxidation sites excluding steroid dienone is 1. The molecule has 7 nitrogen and oxygen atoms in total. The van der Waals surface area contributed by atoms with Gasteiger partial charge >= 0.3 is 12.0 Å². The molecule has 0 fully saturated rings. The quantitative estimate of drug-likeness (QED) is 0.546. The van der Waals surface area contributed by atoms with E-state index in [1.165, 1.54) is 12.1 Å². The Morgan fingerprint density at radius 2 is 2.08 bits per heavy atom. The molecule has 0 aromatic heterocycles. The number of phenolic OH excluding ortho intramolecular Hbond substituents is 1. The third-order valence-electron chi connectivity index (χ3n) is 3.46. The SMILES string of the molecule is CC1=C(C(=O)OCCOC(C)C)[C@@H](c2cccc(O)c2)NC(=O)N1. The lowest BCUT2D eigenvalue weighted by atomic mass is 9.95. The molecule has 1 aliphatic rings. The van der Waals surface area contributed by atoms with Crippen LogP contribution >= 0.6 is 0 Å². The van der Waals surface area contributed by atoms with Crippen LogP contribution < -0.4 is 10.6 Å². The van der Waals surface area contributed by atoms with Gasteiger partial charge in [-0.2, -0.15) is 0 Å². The van der Waals surface area contributed by atoms with Crippen molar-refractivity contribution in [3.8, 4) is 5.75 Å². The molecule has 24 heavy (non-hydrogen) atoms. The molecule has 1 aromatic carbocycles. The Balaban J connectivity index is 2.17. The highest BCUT2D eigenvalue weighted by Gasteiger charge is 2.32. The van der Waals surface area contributed by atoms with Crippen molar-refractivity contribution in [3.05, 3.63) is 41.1 Å². The number of ether oxygens (including phenoxy) is 2. The number of amides is 2. The number of rotatable bonds is 6. The summed E-state index contributed by atoms with van der Waals surface area (Å²) in [6.07, 6.45) is 0.0559. The Bertz CT molecular complexity index is 654. The molecule has 0 saturated heterocycles. The molecule has 0 aliphatic carbocycles. The van der Waals surface area contributed by atoms with Gasteiger partial charge in [-0.3, -0.25) is 0 Å². The lowest BCUT2D eigenvalue weighted by Gasteiger charge is -2.28. The average Bonchev–Trinajstić information content (AvgIpc) is 2.50. The van der Waals surface area contributed by atoms with Crippen LogP contribution in [0.5, 0.6) is 5.75 Å². The smallest absolute Gasteiger partial charge is 0.338 e. The van der Waals surface area contributed by atoms with Crippen molar-refractivity contribution in [2.45, 2.75) is 32.9 Å². The number of hydrogen-bond acceptors (Lipinski definition) is 5.